The van der Waals surface area contributed by atoms with Crippen molar-refractivity contribution >= 4 is 11.0 Å². The number of H-pyrrole nitrogens is 1. The van der Waals surface area contributed by atoms with E-state index in [-0.39, 0.29) is 12.0 Å². The number of allylic oxidation sites excluding steroid dienone is 3. The predicted octanol–water partition coefficient (Wildman–Crippen LogP) is 4.31. The summed E-state index contributed by atoms with van der Waals surface area (Å²) in [6, 6.07) is 10.2. The van der Waals surface area contributed by atoms with Gasteiger partial charge < -0.3 is 24.1 Å². The summed E-state index contributed by atoms with van der Waals surface area (Å²) in [5.74, 6) is 0.866. The molecule has 0 amide bonds. The summed E-state index contributed by atoms with van der Waals surface area (Å²) in [5, 5.41) is 10.8. The highest BCUT2D eigenvalue weighted by molar-refractivity contribution is 5.91. The van der Waals surface area contributed by atoms with E-state index in [0.29, 0.717) is 24.5 Å². The largest absolute Gasteiger partial charge is 0.489 e. The summed E-state index contributed by atoms with van der Waals surface area (Å²) in [7, 11) is 0. The minimum Gasteiger partial charge on any atom is -0.489 e. The third-order valence-electron chi connectivity index (χ3n) is 7.14. The van der Waals surface area contributed by atoms with Crippen LogP contribution in [0.2, 0.25) is 0 Å². The van der Waals surface area contributed by atoms with Crippen LogP contribution < -0.4 is 4.74 Å². The summed E-state index contributed by atoms with van der Waals surface area (Å²) < 4.78 is 17.0. The zero-order chi connectivity index (χ0) is 24.3. The summed E-state index contributed by atoms with van der Waals surface area (Å²) >= 11 is 0. The van der Waals surface area contributed by atoms with Crippen molar-refractivity contribution in [2.75, 3.05) is 39.5 Å². The van der Waals surface area contributed by atoms with E-state index in [9.17, 15) is 5.26 Å². The molecule has 0 saturated carbocycles. The van der Waals surface area contributed by atoms with Crippen LogP contribution in [0, 0.1) is 11.3 Å². The molecule has 8 nitrogen and oxygen atoms in total. The van der Waals surface area contributed by atoms with Gasteiger partial charge in [-0.25, -0.2) is 9.97 Å². The van der Waals surface area contributed by atoms with Gasteiger partial charge in [-0.15, -0.1) is 0 Å². The summed E-state index contributed by atoms with van der Waals surface area (Å²) in [6.45, 7) is 4.84. The third kappa shape index (κ3) is 4.60. The van der Waals surface area contributed by atoms with Crippen LogP contribution in [0.15, 0.2) is 54.5 Å². The second kappa shape index (κ2) is 10.1. The Kier molecular flexibility index (Phi) is 6.41. The van der Waals surface area contributed by atoms with Gasteiger partial charge in [0.05, 0.1) is 37.7 Å². The predicted molar refractivity (Wildman–Crippen MR) is 135 cm³/mol. The van der Waals surface area contributed by atoms with Gasteiger partial charge in [-0.1, -0.05) is 12.2 Å². The molecule has 2 aromatic heterocycles. The number of hydrogen-bond donors (Lipinski definition) is 1. The number of fused-ring (bicyclic) bond motifs is 1. The maximum atomic E-state index is 9.81. The Balaban J connectivity index is 1.24. The molecule has 36 heavy (non-hydrogen) atoms. The van der Waals surface area contributed by atoms with Crippen LogP contribution in [-0.4, -0.2) is 65.5 Å². The second-order valence-electron chi connectivity index (χ2n) is 9.39. The molecule has 1 N–H and O–H groups in total. The molecule has 1 aliphatic carbocycles. The Labute approximate surface area is 210 Å². The smallest absolute Gasteiger partial charge is 0.141 e. The quantitative estimate of drug-likeness (QED) is 0.577. The number of nitrogens with zero attached hydrogens (tertiary/aromatic N) is 4. The van der Waals surface area contributed by atoms with Crippen molar-refractivity contribution in [3.63, 3.8) is 0 Å². The Morgan fingerprint density at radius 1 is 1.06 bits per heavy atom. The number of morpholine rings is 1. The van der Waals surface area contributed by atoms with E-state index < -0.39 is 0 Å². The summed E-state index contributed by atoms with van der Waals surface area (Å²) in [4.78, 5) is 14.9. The fourth-order valence-corrected chi connectivity index (χ4v) is 5.13. The molecular weight excluding hydrogens is 454 g/mol. The standard InChI is InChI=1S/C28H29N5O3/c29-17-21-15-20(3-6-26(21)36-23-7-11-34-12-8-23)27-24-16-25(32-28(24)31-18-30-27)19-1-4-22(5-2-19)33-9-13-35-14-10-33/h1,3-6,15-16,18-19,23H,2,7-14H2,(H,30,31,32). The minimum absolute atomic E-state index is 0.0797. The molecule has 0 radical (unpaired) electrons. The van der Waals surface area contributed by atoms with Crippen molar-refractivity contribution in [2.45, 2.75) is 31.3 Å². The summed E-state index contributed by atoms with van der Waals surface area (Å²) in [5.41, 5.74) is 5.38. The fraction of sp³-hybridized carbons (Fsp3) is 0.393. The zero-order valence-electron chi connectivity index (χ0n) is 20.2. The normalized spacial score (nSPS) is 20.8. The third-order valence-corrected chi connectivity index (χ3v) is 7.14. The lowest BCUT2D eigenvalue weighted by Gasteiger charge is -2.31. The number of aromatic amines is 1. The van der Waals surface area contributed by atoms with Gasteiger partial charge >= 0.3 is 0 Å². The number of benzene rings is 1. The molecule has 8 heteroatoms. The first-order valence-corrected chi connectivity index (χ1v) is 12.6. The Hall–Kier alpha value is -3.67. The van der Waals surface area contributed by atoms with E-state index in [2.05, 4.69) is 50.2 Å². The van der Waals surface area contributed by atoms with Gasteiger partial charge in [-0.3, -0.25) is 0 Å². The number of hydrogen-bond acceptors (Lipinski definition) is 7. The molecule has 2 saturated heterocycles. The van der Waals surface area contributed by atoms with E-state index in [0.717, 1.165) is 73.6 Å². The molecule has 1 atom stereocenters. The monoisotopic (exact) mass is 483 g/mol. The topological polar surface area (TPSA) is 96.3 Å². The van der Waals surface area contributed by atoms with Crippen molar-refractivity contribution in [3.8, 4) is 23.1 Å². The molecule has 0 bridgehead atoms. The van der Waals surface area contributed by atoms with Gasteiger partial charge in [0.25, 0.3) is 0 Å². The second-order valence-corrected chi connectivity index (χ2v) is 9.39. The van der Waals surface area contributed by atoms with Crippen LogP contribution in [0.4, 0.5) is 0 Å². The van der Waals surface area contributed by atoms with E-state index in [4.69, 9.17) is 14.2 Å². The minimum atomic E-state index is 0.0797. The zero-order valence-corrected chi connectivity index (χ0v) is 20.2. The molecule has 2 fully saturated rings. The fourth-order valence-electron chi connectivity index (χ4n) is 5.13. The first kappa shape index (κ1) is 22.8. The lowest BCUT2D eigenvalue weighted by atomic mass is 9.95. The highest BCUT2D eigenvalue weighted by atomic mass is 16.5. The van der Waals surface area contributed by atoms with Crippen LogP contribution in [0.3, 0.4) is 0 Å². The van der Waals surface area contributed by atoms with Gasteiger partial charge in [-0.05, 0) is 36.8 Å². The van der Waals surface area contributed by atoms with Crippen LogP contribution >= 0.6 is 0 Å². The first-order valence-electron chi connectivity index (χ1n) is 12.6. The molecule has 184 valence electrons. The molecule has 6 rings (SSSR count). The van der Waals surface area contributed by atoms with Crippen LogP contribution in [0.25, 0.3) is 22.3 Å². The number of ether oxygens (including phenoxy) is 3. The molecule has 4 heterocycles. The number of nitriles is 1. The lowest BCUT2D eigenvalue weighted by molar-refractivity contribution is 0.0254. The highest BCUT2D eigenvalue weighted by Crippen LogP contribution is 2.34. The van der Waals surface area contributed by atoms with Crippen molar-refractivity contribution in [2.24, 2.45) is 0 Å². The van der Waals surface area contributed by atoms with E-state index in [1.54, 1.807) is 6.33 Å². The highest BCUT2D eigenvalue weighted by Gasteiger charge is 2.21. The maximum Gasteiger partial charge on any atom is 0.141 e. The first-order chi connectivity index (χ1) is 17.8. The van der Waals surface area contributed by atoms with Crippen molar-refractivity contribution < 1.29 is 14.2 Å². The van der Waals surface area contributed by atoms with E-state index in [1.165, 1.54) is 5.70 Å². The number of aromatic nitrogens is 3. The van der Waals surface area contributed by atoms with Crippen molar-refractivity contribution in [3.05, 3.63) is 65.8 Å². The van der Waals surface area contributed by atoms with Crippen LogP contribution in [0.5, 0.6) is 5.75 Å². The molecule has 3 aliphatic rings. The molecule has 1 aromatic carbocycles. The maximum absolute atomic E-state index is 9.81. The Morgan fingerprint density at radius 2 is 1.89 bits per heavy atom. The average molecular weight is 484 g/mol. The molecule has 3 aromatic rings. The Bertz CT molecular complexity index is 1340. The number of nitrogens with one attached hydrogen (secondary N) is 1. The van der Waals surface area contributed by atoms with Gasteiger partial charge in [0, 0.05) is 54.2 Å². The lowest BCUT2D eigenvalue weighted by Crippen LogP contribution is -2.35. The van der Waals surface area contributed by atoms with Gasteiger partial charge in [0.2, 0.25) is 0 Å². The molecule has 0 spiro atoms. The molecule has 2 aliphatic heterocycles. The van der Waals surface area contributed by atoms with Gasteiger partial charge in [-0.2, -0.15) is 5.26 Å². The number of rotatable bonds is 5. The van der Waals surface area contributed by atoms with Crippen LogP contribution in [0.1, 0.15) is 36.4 Å². The molecular formula is C28H29N5O3. The van der Waals surface area contributed by atoms with Gasteiger partial charge in [0.1, 0.15) is 29.9 Å². The van der Waals surface area contributed by atoms with E-state index >= 15 is 0 Å². The SMILES string of the molecule is N#Cc1cc(-c2ncnc3[nH]c(C4C=CC(N5CCOCC5)=CC4)cc23)ccc1OC1CCOCC1. The van der Waals surface area contributed by atoms with E-state index in [1.807, 2.05) is 18.2 Å². The van der Waals surface area contributed by atoms with Crippen molar-refractivity contribution in [1.82, 2.24) is 19.9 Å². The summed E-state index contributed by atoms with van der Waals surface area (Å²) in [6.07, 6.45) is 11.0. The molecule has 1 unspecified atom stereocenters. The van der Waals surface area contributed by atoms with Crippen molar-refractivity contribution in [1.29, 1.82) is 5.26 Å². The van der Waals surface area contributed by atoms with Gasteiger partial charge in [0.15, 0.2) is 0 Å². The van der Waals surface area contributed by atoms with Crippen LogP contribution in [-0.2, 0) is 9.47 Å². The average Bonchev–Trinajstić information content (AvgIpc) is 3.39. The Morgan fingerprint density at radius 3 is 2.67 bits per heavy atom.